The molecule has 0 bridgehead atoms. The van der Waals surface area contributed by atoms with Crippen molar-refractivity contribution in [2.75, 3.05) is 6.54 Å². The number of nitrogens with zero attached hydrogens (tertiary/aromatic N) is 2. The number of aromatic nitrogens is 2. The Bertz CT molecular complexity index is 392. The Labute approximate surface area is 109 Å². The molecule has 0 aliphatic carbocycles. The van der Waals surface area contributed by atoms with Gasteiger partial charge in [-0.2, -0.15) is 5.10 Å². The van der Waals surface area contributed by atoms with Gasteiger partial charge >= 0.3 is 0 Å². The molecule has 1 aliphatic rings. The fraction of sp³-hybridized carbons (Fsp3) is 0.769. The van der Waals surface area contributed by atoms with E-state index in [0.29, 0.717) is 0 Å². The smallest absolute Gasteiger partial charge is 0.0850 e. The summed E-state index contributed by atoms with van der Waals surface area (Å²) >= 11 is 6.44. The second-order valence-corrected chi connectivity index (χ2v) is 5.52. The normalized spacial score (nSPS) is 24.5. The Morgan fingerprint density at radius 2 is 2.24 bits per heavy atom. The second-order valence-electron chi connectivity index (χ2n) is 5.14. The van der Waals surface area contributed by atoms with Crippen LogP contribution in [-0.2, 0) is 19.4 Å². The van der Waals surface area contributed by atoms with E-state index in [-0.39, 0.29) is 5.54 Å². The van der Waals surface area contributed by atoms with Gasteiger partial charge in [-0.3, -0.25) is 4.68 Å². The third-order valence-corrected chi connectivity index (χ3v) is 4.15. The Kier molecular flexibility index (Phi) is 3.79. The van der Waals surface area contributed by atoms with Crippen molar-refractivity contribution in [2.45, 2.75) is 58.5 Å². The average molecular weight is 256 g/mol. The minimum Gasteiger partial charge on any atom is -0.311 e. The maximum absolute atomic E-state index is 6.44. The molecule has 96 valence electrons. The third-order valence-electron chi connectivity index (χ3n) is 3.71. The fourth-order valence-corrected chi connectivity index (χ4v) is 3.00. The van der Waals surface area contributed by atoms with Crippen molar-refractivity contribution in [3.05, 3.63) is 16.4 Å². The zero-order valence-corrected chi connectivity index (χ0v) is 11.8. The molecule has 1 aliphatic heterocycles. The summed E-state index contributed by atoms with van der Waals surface area (Å²) in [6.45, 7) is 8.53. The summed E-state index contributed by atoms with van der Waals surface area (Å²) in [5.41, 5.74) is 2.43. The summed E-state index contributed by atoms with van der Waals surface area (Å²) in [5.74, 6) is 0. The van der Waals surface area contributed by atoms with Crippen LogP contribution in [0.1, 0.15) is 45.0 Å². The maximum Gasteiger partial charge on any atom is 0.0850 e. The summed E-state index contributed by atoms with van der Waals surface area (Å²) in [4.78, 5) is 0. The predicted molar refractivity (Wildman–Crippen MR) is 71.6 cm³/mol. The highest BCUT2D eigenvalue weighted by Gasteiger charge is 2.31. The van der Waals surface area contributed by atoms with Crippen LogP contribution in [0.15, 0.2) is 0 Å². The topological polar surface area (TPSA) is 29.9 Å². The van der Waals surface area contributed by atoms with E-state index in [9.17, 15) is 0 Å². The zero-order chi connectivity index (χ0) is 12.5. The lowest BCUT2D eigenvalue weighted by atomic mass is 9.94. The number of rotatable bonds is 4. The van der Waals surface area contributed by atoms with Crippen molar-refractivity contribution in [1.29, 1.82) is 0 Å². The van der Waals surface area contributed by atoms with Gasteiger partial charge in [0.2, 0.25) is 0 Å². The van der Waals surface area contributed by atoms with E-state index >= 15 is 0 Å². The molecule has 1 fully saturated rings. The van der Waals surface area contributed by atoms with E-state index in [1.807, 2.05) is 0 Å². The van der Waals surface area contributed by atoms with E-state index in [1.165, 1.54) is 18.5 Å². The van der Waals surface area contributed by atoms with Gasteiger partial charge in [-0.05, 0) is 39.7 Å². The number of hydrogen-bond donors (Lipinski definition) is 1. The molecule has 1 aromatic heterocycles. The van der Waals surface area contributed by atoms with Gasteiger partial charge in [-0.25, -0.2) is 0 Å². The van der Waals surface area contributed by atoms with E-state index < -0.39 is 0 Å². The molecule has 0 amide bonds. The first-order valence-corrected chi connectivity index (χ1v) is 6.96. The molecule has 1 aromatic rings. The molecule has 17 heavy (non-hydrogen) atoms. The predicted octanol–water partition coefficient (Wildman–Crippen LogP) is 2.80. The van der Waals surface area contributed by atoms with Crippen molar-refractivity contribution in [2.24, 2.45) is 0 Å². The molecular formula is C13H22ClN3. The molecule has 4 heteroatoms. The van der Waals surface area contributed by atoms with E-state index in [4.69, 9.17) is 11.6 Å². The van der Waals surface area contributed by atoms with Gasteiger partial charge < -0.3 is 5.32 Å². The number of aryl methyl sites for hydroxylation is 2. The first-order chi connectivity index (χ1) is 8.09. The van der Waals surface area contributed by atoms with Gasteiger partial charge in [0.15, 0.2) is 0 Å². The van der Waals surface area contributed by atoms with Crippen molar-refractivity contribution in [3.63, 3.8) is 0 Å². The van der Waals surface area contributed by atoms with E-state index in [0.717, 1.165) is 36.6 Å². The van der Waals surface area contributed by atoms with Gasteiger partial charge in [0.1, 0.15) is 0 Å². The molecule has 0 spiro atoms. The van der Waals surface area contributed by atoms with Crippen molar-refractivity contribution >= 4 is 11.6 Å². The molecule has 0 aromatic carbocycles. The second kappa shape index (κ2) is 4.99. The van der Waals surface area contributed by atoms with Gasteiger partial charge in [0.05, 0.1) is 16.4 Å². The van der Waals surface area contributed by atoms with Crippen LogP contribution in [0.5, 0.6) is 0 Å². The van der Waals surface area contributed by atoms with Crippen LogP contribution < -0.4 is 5.32 Å². The van der Waals surface area contributed by atoms with Crippen molar-refractivity contribution in [3.8, 4) is 0 Å². The summed E-state index contributed by atoms with van der Waals surface area (Å²) < 4.78 is 2.06. The lowest BCUT2D eigenvalue weighted by Crippen LogP contribution is -2.39. The lowest BCUT2D eigenvalue weighted by Gasteiger charge is -2.24. The summed E-state index contributed by atoms with van der Waals surface area (Å²) in [5, 5.41) is 9.04. The largest absolute Gasteiger partial charge is 0.311 e. The Morgan fingerprint density at radius 3 is 2.76 bits per heavy atom. The molecule has 1 atom stereocenters. The molecule has 3 nitrogen and oxygen atoms in total. The van der Waals surface area contributed by atoms with Crippen LogP contribution in [0, 0.1) is 0 Å². The van der Waals surface area contributed by atoms with Crippen LogP contribution in [0.4, 0.5) is 0 Å². The van der Waals surface area contributed by atoms with E-state index in [1.54, 1.807) is 0 Å². The van der Waals surface area contributed by atoms with Crippen LogP contribution in [-0.4, -0.2) is 21.9 Å². The summed E-state index contributed by atoms with van der Waals surface area (Å²) in [6, 6.07) is 0. The standard InChI is InChI=1S/C13H22ClN3/c1-4-10-12(14)11(17(5-2)16-10)9-13(3)7-6-8-15-13/h15H,4-9H2,1-3H3. The van der Waals surface area contributed by atoms with Crippen LogP contribution in [0.2, 0.25) is 5.02 Å². The molecule has 2 rings (SSSR count). The Balaban J connectivity index is 2.27. The first kappa shape index (κ1) is 12.9. The quantitative estimate of drug-likeness (QED) is 0.897. The molecule has 1 saturated heterocycles. The van der Waals surface area contributed by atoms with Crippen molar-refractivity contribution < 1.29 is 0 Å². The lowest BCUT2D eigenvalue weighted by molar-refractivity contribution is 0.398. The summed E-state index contributed by atoms with van der Waals surface area (Å²) in [6.07, 6.45) is 4.37. The van der Waals surface area contributed by atoms with Crippen LogP contribution >= 0.6 is 11.6 Å². The molecule has 1 N–H and O–H groups in total. The monoisotopic (exact) mass is 255 g/mol. The Morgan fingerprint density at radius 1 is 1.47 bits per heavy atom. The maximum atomic E-state index is 6.44. The number of halogens is 1. The molecule has 2 heterocycles. The SMILES string of the molecule is CCc1nn(CC)c(CC2(C)CCCN2)c1Cl. The van der Waals surface area contributed by atoms with Gasteiger partial charge in [0.25, 0.3) is 0 Å². The highest BCUT2D eigenvalue weighted by Crippen LogP contribution is 2.29. The molecular weight excluding hydrogens is 234 g/mol. The minimum atomic E-state index is 0.196. The highest BCUT2D eigenvalue weighted by atomic mass is 35.5. The van der Waals surface area contributed by atoms with Crippen LogP contribution in [0.25, 0.3) is 0 Å². The molecule has 1 unspecified atom stereocenters. The molecule has 0 saturated carbocycles. The fourth-order valence-electron chi connectivity index (χ4n) is 2.66. The summed E-state index contributed by atoms with van der Waals surface area (Å²) in [7, 11) is 0. The van der Waals surface area contributed by atoms with Crippen LogP contribution in [0.3, 0.4) is 0 Å². The van der Waals surface area contributed by atoms with E-state index in [2.05, 4.69) is 35.9 Å². The first-order valence-electron chi connectivity index (χ1n) is 6.58. The van der Waals surface area contributed by atoms with Gasteiger partial charge in [0, 0.05) is 18.5 Å². The van der Waals surface area contributed by atoms with Gasteiger partial charge in [-0.1, -0.05) is 18.5 Å². The van der Waals surface area contributed by atoms with Crippen molar-refractivity contribution in [1.82, 2.24) is 15.1 Å². The highest BCUT2D eigenvalue weighted by molar-refractivity contribution is 6.31. The van der Waals surface area contributed by atoms with Gasteiger partial charge in [-0.15, -0.1) is 0 Å². The number of hydrogen-bond acceptors (Lipinski definition) is 2. The third kappa shape index (κ3) is 2.50. The average Bonchev–Trinajstić information content (AvgIpc) is 2.86. The molecule has 0 radical (unpaired) electrons. The Hall–Kier alpha value is -0.540. The zero-order valence-electron chi connectivity index (χ0n) is 11.0. The minimum absolute atomic E-state index is 0.196. The number of nitrogens with one attached hydrogen (secondary N) is 1.